The van der Waals surface area contributed by atoms with E-state index in [2.05, 4.69) is 111 Å². The SMILES string of the molecule is C[Si](C)(C)C[P+](c1ccccc1)(c1ccccc1)c1ccccc1.[Cl-]. The van der Waals surface area contributed by atoms with Gasteiger partial charge in [0.25, 0.3) is 0 Å². The molecule has 0 aliphatic rings. The Morgan fingerprint density at radius 3 is 1.08 bits per heavy atom. The van der Waals surface area contributed by atoms with Crippen LogP contribution < -0.4 is 28.3 Å². The second-order valence-corrected chi connectivity index (χ2v) is 17.1. The van der Waals surface area contributed by atoms with Crippen molar-refractivity contribution in [1.82, 2.24) is 0 Å². The molecule has 0 saturated carbocycles. The van der Waals surface area contributed by atoms with Crippen LogP contribution in [0.5, 0.6) is 0 Å². The number of halogens is 1. The maximum atomic E-state index is 2.50. The third kappa shape index (κ3) is 4.42. The van der Waals surface area contributed by atoms with Gasteiger partial charge in [0.1, 0.15) is 23.2 Å². The smallest absolute Gasteiger partial charge is 0.108 e. The quantitative estimate of drug-likeness (QED) is 0.465. The molecule has 0 atom stereocenters. The highest BCUT2D eigenvalue weighted by Crippen LogP contribution is 2.56. The van der Waals surface area contributed by atoms with Gasteiger partial charge in [-0.15, -0.1) is 0 Å². The van der Waals surface area contributed by atoms with E-state index in [4.69, 9.17) is 0 Å². The van der Waals surface area contributed by atoms with Crippen LogP contribution in [-0.2, 0) is 0 Å². The summed E-state index contributed by atoms with van der Waals surface area (Å²) < 4.78 is 0. The monoisotopic (exact) mass is 384 g/mol. The molecule has 0 bridgehead atoms. The molecule has 0 spiro atoms. The minimum absolute atomic E-state index is 0. The first kappa shape index (κ1) is 19.9. The van der Waals surface area contributed by atoms with Crippen molar-refractivity contribution in [1.29, 1.82) is 0 Å². The van der Waals surface area contributed by atoms with E-state index in [1.807, 2.05) is 0 Å². The fraction of sp³-hybridized carbons (Fsp3) is 0.182. The molecule has 0 unspecified atom stereocenters. The summed E-state index contributed by atoms with van der Waals surface area (Å²) in [4.78, 5) is 0. The Morgan fingerprint density at radius 2 is 0.840 bits per heavy atom. The van der Waals surface area contributed by atoms with Gasteiger partial charge in [0.05, 0.1) is 13.9 Å². The zero-order valence-corrected chi connectivity index (χ0v) is 17.8. The molecule has 0 amide bonds. The molecule has 0 N–H and O–H groups in total. The lowest BCUT2D eigenvalue weighted by Gasteiger charge is -2.32. The van der Waals surface area contributed by atoms with E-state index >= 15 is 0 Å². The molecule has 0 aliphatic heterocycles. The molecule has 0 saturated heterocycles. The van der Waals surface area contributed by atoms with Crippen molar-refractivity contribution in [2.45, 2.75) is 19.6 Å². The molecule has 0 radical (unpaired) electrons. The lowest BCUT2D eigenvalue weighted by molar-refractivity contribution is -0.00000505. The second-order valence-electron chi connectivity index (χ2n) is 7.54. The molecule has 0 nitrogen and oxygen atoms in total. The zero-order chi connectivity index (χ0) is 17.0. The summed E-state index contributed by atoms with van der Waals surface area (Å²) in [6.07, 6.45) is 0. The fourth-order valence-corrected chi connectivity index (χ4v) is 14.3. The van der Waals surface area contributed by atoms with Crippen LogP contribution in [0.4, 0.5) is 0 Å². The van der Waals surface area contributed by atoms with Gasteiger partial charge in [0, 0.05) is 0 Å². The number of hydrogen-bond acceptors (Lipinski definition) is 0. The molecule has 0 heterocycles. The van der Waals surface area contributed by atoms with Gasteiger partial charge in [0.15, 0.2) is 0 Å². The van der Waals surface area contributed by atoms with E-state index in [1.165, 1.54) is 21.7 Å². The van der Waals surface area contributed by atoms with Crippen molar-refractivity contribution in [3.63, 3.8) is 0 Å². The Hall–Kier alpha value is -1.40. The summed E-state index contributed by atoms with van der Waals surface area (Å²) in [7, 11) is -2.90. The zero-order valence-electron chi connectivity index (χ0n) is 15.2. The largest absolute Gasteiger partial charge is 1.00 e. The highest BCUT2D eigenvalue weighted by Gasteiger charge is 2.48. The molecule has 3 aromatic carbocycles. The van der Waals surface area contributed by atoms with Gasteiger partial charge in [-0.3, -0.25) is 0 Å². The third-order valence-corrected chi connectivity index (χ3v) is 13.5. The molecular weight excluding hydrogens is 359 g/mol. The van der Waals surface area contributed by atoms with E-state index in [0.717, 1.165) is 0 Å². The van der Waals surface area contributed by atoms with Crippen LogP contribution >= 0.6 is 7.26 Å². The van der Waals surface area contributed by atoms with Gasteiger partial charge >= 0.3 is 0 Å². The Labute approximate surface area is 160 Å². The van der Waals surface area contributed by atoms with Gasteiger partial charge in [-0.2, -0.15) is 0 Å². The molecule has 130 valence electrons. The normalized spacial score (nSPS) is 11.6. The summed E-state index contributed by atoms with van der Waals surface area (Å²) in [5.74, 6) is 1.30. The highest BCUT2D eigenvalue weighted by atomic mass is 35.5. The topological polar surface area (TPSA) is 0 Å². The first-order valence-corrected chi connectivity index (χ1v) is 14.3. The predicted octanol–water partition coefficient (Wildman–Crippen LogP) is 1.86. The minimum Gasteiger partial charge on any atom is -1.00 e. The average Bonchev–Trinajstić information content (AvgIpc) is 2.61. The molecule has 3 heteroatoms. The lowest BCUT2D eigenvalue weighted by atomic mass is 10.4. The number of rotatable bonds is 5. The predicted molar refractivity (Wildman–Crippen MR) is 113 cm³/mol. The van der Waals surface area contributed by atoms with Gasteiger partial charge in [-0.1, -0.05) is 74.2 Å². The van der Waals surface area contributed by atoms with Crippen molar-refractivity contribution in [3.8, 4) is 0 Å². The van der Waals surface area contributed by atoms with Gasteiger partial charge in [-0.25, -0.2) is 0 Å². The van der Waals surface area contributed by atoms with E-state index in [-0.39, 0.29) is 12.4 Å². The molecular formula is C22H26ClPSi. The first-order valence-electron chi connectivity index (χ1n) is 8.57. The molecule has 0 aliphatic carbocycles. The molecule has 3 aromatic rings. The standard InChI is InChI=1S/C22H26PSi.ClH/c1-24(2,3)19-23(20-13-7-4-8-14-20,21-15-9-5-10-16-21)22-17-11-6-12-18-22;/h4-18H,19H2,1-3H3;1H/q+1;/p-1. The van der Waals surface area contributed by atoms with Gasteiger partial charge in [0.2, 0.25) is 0 Å². The van der Waals surface area contributed by atoms with E-state index in [9.17, 15) is 0 Å². The summed E-state index contributed by atoms with van der Waals surface area (Å²) in [6, 6.07) is 33.6. The van der Waals surface area contributed by atoms with Crippen LogP contribution in [0.25, 0.3) is 0 Å². The van der Waals surface area contributed by atoms with Crippen LogP contribution in [0.1, 0.15) is 0 Å². The summed E-state index contributed by atoms with van der Waals surface area (Å²) in [5.41, 5.74) is 0. The van der Waals surface area contributed by atoms with Crippen molar-refractivity contribution >= 4 is 31.2 Å². The lowest BCUT2D eigenvalue weighted by Crippen LogP contribution is -3.00. The van der Waals surface area contributed by atoms with Crippen LogP contribution in [-0.4, -0.2) is 13.9 Å². The van der Waals surface area contributed by atoms with Crippen LogP contribution in [0.3, 0.4) is 0 Å². The first-order chi connectivity index (χ1) is 11.5. The van der Waals surface area contributed by atoms with Crippen LogP contribution in [0, 0.1) is 0 Å². The summed E-state index contributed by atoms with van der Waals surface area (Å²) in [5, 5.41) is 4.51. The average molecular weight is 385 g/mol. The molecule has 3 rings (SSSR count). The fourth-order valence-electron chi connectivity index (χ4n) is 3.48. The van der Waals surface area contributed by atoms with Crippen molar-refractivity contribution in [2.24, 2.45) is 0 Å². The second kappa shape index (κ2) is 8.32. The molecule has 0 fully saturated rings. The number of hydrogen-bond donors (Lipinski definition) is 0. The Kier molecular flexibility index (Phi) is 6.63. The Bertz CT molecular complexity index is 671. The minimum atomic E-state index is -1.61. The van der Waals surface area contributed by atoms with E-state index < -0.39 is 15.3 Å². The van der Waals surface area contributed by atoms with Crippen molar-refractivity contribution in [2.75, 3.05) is 5.79 Å². The van der Waals surface area contributed by atoms with Crippen LogP contribution in [0.15, 0.2) is 91.0 Å². The van der Waals surface area contributed by atoms with Crippen molar-refractivity contribution < 1.29 is 12.4 Å². The molecule has 25 heavy (non-hydrogen) atoms. The van der Waals surface area contributed by atoms with Gasteiger partial charge < -0.3 is 12.4 Å². The maximum Gasteiger partial charge on any atom is 0.108 e. The Balaban J connectivity index is 0.00000225. The third-order valence-electron chi connectivity index (χ3n) is 4.30. The maximum absolute atomic E-state index is 2.50. The summed E-state index contributed by atoms with van der Waals surface area (Å²) in [6.45, 7) is 7.49. The van der Waals surface area contributed by atoms with Crippen LogP contribution in [0.2, 0.25) is 19.6 Å². The Morgan fingerprint density at radius 1 is 0.560 bits per heavy atom. The van der Waals surface area contributed by atoms with Gasteiger partial charge in [-0.05, 0) is 36.4 Å². The van der Waals surface area contributed by atoms with E-state index in [1.54, 1.807) is 0 Å². The number of benzene rings is 3. The highest BCUT2D eigenvalue weighted by molar-refractivity contribution is 7.97. The summed E-state index contributed by atoms with van der Waals surface area (Å²) >= 11 is 0. The van der Waals surface area contributed by atoms with Crippen molar-refractivity contribution in [3.05, 3.63) is 91.0 Å². The molecule has 0 aromatic heterocycles. The van der Waals surface area contributed by atoms with E-state index in [0.29, 0.717) is 0 Å².